The van der Waals surface area contributed by atoms with Crippen LogP contribution in [0.2, 0.25) is 0 Å². The summed E-state index contributed by atoms with van der Waals surface area (Å²) in [7, 11) is 0. The summed E-state index contributed by atoms with van der Waals surface area (Å²) in [6.45, 7) is 3.60. The van der Waals surface area contributed by atoms with Crippen LogP contribution in [-0.4, -0.2) is 6.10 Å². The molecule has 0 aliphatic rings. The lowest BCUT2D eigenvalue weighted by molar-refractivity contribution is 0.187. The van der Waals surface area contributed by atoms with Crippen LogP contribution < -0.4 is 0 Å². The number of aryl methyl sites for hydroxylation is 1. The van der Waals surface area contributed by atoms with Crippen LogP contribution in [0.25, 0.3) is 0 Å². The highest BCUT2D eigenvalue weighted by molar-refractivity contribution is 5.16. The van der Waals surface area contributed by atoms with E-state index in [-0.39, 0.29) is 6.10 Å². The average Bonchev–Trinajstić information content (AvgIpc) is 2.49. The Kier molecular flexibility index (Phi) is 8.49. The second-order valence-electron chi connectivity index (χ2n) is 4.50. The lowest BCUT2D eigenvalue weighted by Crippen LogP contribution is -2.08. The predicted octanol–water partition coefficient (Wildman–Crippen LogP) is 4.24. The van der Waals surface area contributed by atoms with E-state index in [4.69, 9.17) is 10.00 Å². The van der Waals surface area contributed by atoms with Gasteiger partial charge in [0.25, 0.3) is 0 Å². The van der Waals surface area contributed by atoms with Gasteiger partial charge in [-0.2, -0.15) is 5.26 Å². The Morgan fingerprint density at radius 3 is 2.65 bits per heavy atom. The monoisotopic (exact) mass is 267 g/mol. The first-order chi connectivity index (χ1) is 9.86. The number of ether oxygens (including phenoxy) is 1. The van der Waals surface area contributed by atoms with Crippen LogP contribution in [-0.2, 0) is 11.2 Å². The maximum absolute atomic E-state index is 8.44. The van der Waals surface area contributed by atoms with Gasteiger partial charge in [-0.3, -0.25) is 0 Å². The Labute approximate surface area is 122 Å². The zero-order valence-electron chi connectivity index (χ0n) is 11.8. The lowest BCUT2D eigenvalue weighted by Gasteiger charge is -2.10. The molecular formula is C18H21NO. The van der Waals surface area contributed by atoms with Gasteiger partial charge in [0.1, 0.15) is 0 Å². The van der Waals surface area contributed by atoms with Gasteiger partial charge in [0.2, 0.25) is 0 Å². The maximum Gasteiger partial charge on any atom is 0.158 e. The van der Waals surface area contributed by atoms with Gasteiger partial charge in [0.05, 0.1) is 12.3 Å². The molecule has 1 unspecified atom stereocenters. The first kappa shape index (κ1) is 15.9. The highest BCUT2D eigenvalue weighted by atomic mass is 16.5. The molecule has 0 spiro atoms. The van der Waals surface area contributed by atoms with E-state index < -0.39 is 0 Å². The van der Waals surface area contributed by atoms with E-state index in [0.717, 1.165) is 32.1 Å². The van der Waals surface area contributed by atoms with Gasteiger partial charge in [-0.05, 0) is 31.2 Å². The van der Waals surface area contributed by atoms with Crippen LogP contribution >= 0.6 is 0 Å². The Balaban J connectivity index is 2.34. The fraction of sp³-hybridized carbons (Fsp3) is 0.389. The summed E-state index contributed by atoms with van der Waals surface area (Å²) in [6.07, 6.45) is 6.50. The predicted molar refractivity (Wildman–Crippen MR) is 81.7 cm³/mol. The topological polar surface area (TPSA) is 33.0 Å². The summed E-state index contributed by atoms with van der Waals surface area (Å²) in [6, 6.07) is 12.5. The zero-order valence-corrected chi connectivity index (χ0v) is 11.8. The Hall–Kier alpha value is -2.19. The van der Waals surface area contributed by atoms with Crippen LogP contribution in [0.1, 0.15) is 37.7 Å². The molecule has 1 atom stereocenters. The van der Waals surface area contributed by atoms with E-state index in [1.54, 1.807) is 0 Å². The number of nitrogens with zero attached hydrogens (tertiary/aromatic N) is 1. The molecule has 20 heavy (non-hydrogen) atoms. The van der Waals surface area contributed by atoms with Gasteiger partial charge in [0.15, 0.2) is 6.10 Å². The van der Waals surface area contributed by atoms with Gasteiger partial charge in [-0.1, -0.05) is 48.8 Å². The minimum absolute atomic E-state index is 0.0938. The fourth-order valence-electron chi connectivity index (χ4n) is 1.84. The van der Waals surface area contributed by atoms with Gasteiger partial charge in [0, 0.05) is 12.8 Å². The third kappa shape index (κ3) is 7.29. The molecule has 0 saturated carbocycles. The van der Waals surface area contributed by atoms with Gasteiger partial charge in [-0.25, -0.2) is 0 Å². The number of hydrogen-bond donors (Lipinski definition) is 0. The van der Waals surface area contributed by atoms with E-state index >= 15 is 0 Å². The largest absolute Gasteiger partial charge is 0.486 e. The molecule has 0 heterocycles. The summed E-state index contributed by atoms with van der Waals surface area (Å²) < 4.78 is 5.43. The minimum Gasteiger partial charge on any atom is -0.486 e. The molecule has 2 heteroatoms. The van der Waals surface area contributed by atoms with E-state index in [2.05, 4.69) is 36.6 Å². The molecule has 0 aliphatic carbocycles. The Morgan fingerprint density at radius 1 is 1.20 bits per heavy atom. The number of unbranched alkanes of at least 4 members (excludes halogenated alkanes) is 3. The van der Waals surface area contributed by atoms with E-state index in [9.17, 15) is 0 Å². The lowest BCUT2D eigenvalue weighted by atomic mass is 10.1. The van der Waals surface area contributed by atoms with E-state index in [1.165, 1.54) is 11.8 Å². The van der Waals surface area contributed by atoms with Crippen molar-refractivity contribution in [2.75, 3.05) is 0 Å². The summed E-state index contributed by atoms with van der Waals surface area (Å²) in [5.41, 5.74) is 1.29. The number of benzene rings is 1. The second-order valence-corrected chi connectivity index (χ2v) is 4.50. The summed E-state index contributed by atoms with van der Waals surface area (Å²) in [5.74, 6) is 6.27. The van der Waals surface area contributed by atoms with Crippen LogP contribution in [0.4, 0.5) is 0 Å². The van der Waals surface area contributed by atoms with Crippen molar-refractivity contribution in [2.45, 2.75) is 44.6 Å². The molecule has 2 nitrogen and oxygen atoms in total. The van der Waals surface area contributed by atoms with Crippen molar-refractivity contribution in [3.63, 3.8) is 0 Å². The summed E-state index contributed by atoms with van der Waals surface area (Å²) in [4.78, 5) is 0. The van der Waals surface area contributed by atoms with Crippen molar-refractivity contribution in [3.8, 4) is 17.9 Å². The van der Waals surface area contributed by atoms with Crippen molar-refractivity contribution < 1.29 is 4.74 Å². The summed E-state index contributed by atoms with van der Waals surface area (Å²) >= 11 is 0. The van der Waals surface area contributed by atoms with Crippen molar-refractivity contribution in [1.82, 2.24) is 0 Å². The van der Waals surface area contributed by atoms with Crippen molar-refractivity contribution >= 4 is 0 Å². The molecule has 104 valence electrons. The highest BCUT2D eigenvalue weighted by Gasteiger charge is 2.04. The molecule has 1 rings (SSSR count). The SMILES string of the molecule is C=COC(C#CCCCCC#N)CCc1ccccc1. The van der Waals surface area contributed by atoms with Gasteiger partial charge in [-0.15, -0.1) is 0 Å². The Morgan fingerprint density at radius 2 is 1.95 bits per heavy atom. The first-order valence-corrected chi connectivity index (χ1v) is 7.02. The van der Waals surface area contributed by atoms with Crippen LogP contribution in [0.5, 0.6) is 0 Å². The molecule has 0 fully saturated rings. The third-order valence-corrected chi connectivity index (χ3v) is 2.90. The molecular weight excluding hydrogens is 246 g/mol. The van der Waals surface area contributed by atoms with Crippen molar-refractivity contribution in [1.29, 1.82) is 5.26 Å². The molecule has 0 aliphatic heterocycles. The quantitative estimate of drug-likeness (QED) is 0.401. The molecule has 0 aromatic heterocycles. The minimum atomic E-state index is -0.0938. The summed E-state index contributed by atoms with van der Waals surface area (Å²) in [5, 5.41) is 8.44. The Bertz CT molecular complexity index is 476. The van der Waals surface area contributed by atoms with Crippen LogP contribution in [0.3, 0.4) is 0 Å². The smallest absolute Gasteiger partial charge is 0.158 e. The van der Waals surface area contributed by atoms with E-state index in [0.29, 0.717) is 6.42 Å². The van der Waals surface area contributed by atoms with Crippen molar-refractivity contribution in [2.24, 2.45) is 0 Å². The number of rotatable bonds is 8. The molecule has 1 aromatic carbocycles. The number of hydrogen-bond acceptors (Lipinski definition) is 2. The number of nitriles is 1. The normalized spacial score (nSPS) is 10.8. The second kappa shape index (κ2) is 10.7. The first-order valence-electron chi connectivity index (χ1n) is 7.02. The van der Waals surface area contributed by atoms with Crippen LogP contribution in [0.15, 0.2) is 43.2 Å². The molecule has 0 radical (unpaired) electrons. The van der Waals surface area contributed by atoms with Gasteiger partial charge >= 0.3 is 0 Å². The molecule has 0 N–H and O–H groups in total. The zero-order chi connectivity index (χ0) is 14.5. The molecule has 1 aromatic rings. The van der Waals surface area contributed by atoms with Crippen LogP contribution in [0, 0.1) is 23.2 Å². The molecule has 0 bridgehead atoms. The maximum atomic E-state index is 8.44. The van der Waals surface area contributed by atoms with Gasteiger partial charge < -0.3 is 4.74 Å². The fourth-order valence-corrected chi connectivity index (χ4v) is 1.84. The molecule has 0 saturated heterocycles. The molecule has 0 amide bonds. The van der Waals surface area contributed by atoms with E-state index in [1.807, 2.05) is 18.2 Å². The van der Waals surface area contributed by atoms with Crippen molar-refractivity contribution in [3.05, 3.63) is 48.7 Å². The highest BCUT2D eigenvalue weighted by Crippen LogP contribution is 2.07. The standard InChI is InChI=1S/C18H21NO/c1-2-20-18(13-9-4-3-5-10-16-19)15-14-17-11-7-6-8-12-17/h2,6-8,11-12,18H,1,3-5,10,14-15H2. The average molecular weight is 267 g/mol. The third-order valence-electron chi connectivity index (χ3n) is 2.90.